The summed E-state index contributed by atoms with van der Waals surface area (Å²) in [6, 6.07) is 8.06. The molecule has 0 spiro atoms. The number of rotatable bonds is 3. The summed E-state index contributed by atoms with van der Waals surface area (Å²) < 4.78 is 2.18. The summed E-state index contributed by atoms with van der Waals surface area (Å²) >= 11 is 5.30. The Balaban J connectivity index is 2.08. The van der Waals surface area contributed by atoms with Crippen LogP contribution in [0.25, 0.3) is 6.08 Å². The molecule has 1 aliphatic heterocycles. The first-order valence-electron chi connectivity index (χ1n) is 9.29. The van der Waals surface area contributed by atoms with Crippen LogP contribution < -0.4 is 10.2 Å². The van der Waals surface area contributed by atoms with Crippen molar-refractivity contribution < 1.29 is 9.59 Å². The van der Waals surface area contributed by atoms with Crippen molar-refractivity contribution in [2.45, 2.75) is 47.6 Å². The van der Waals surface area contributed by atoms with E-state index in [1.807, 2.05) is 52.0 Å². The van der Waals surface area contributed by atoms with Gasteiger partial charge in [0.2, 0.25) is 0 Å². The van der Waals surface area contributed by atoms with Crippen LogP contribution in [0.15, 0.2) is 29.8 Å². The van der Waals surface area contributed by atoms with Gasteiger partial charge in [0.15, 0.2) is 5.11 Å². The normalized spacial score (nSPS) is 16.3. The Kier molecular flexibility index (Phi) is 5.26. The molecule has 6 heteroatoms. The van der Waals surface area contributed by atoms with Crippen molar-refractivity contribution in [2.75, 3.05) is 4.90 Å². The highest BCUT2D eigenvalue weighted by Crippen LogP contribution is 2.28. The van der Waals surface area contributed by atoms with Crippen LogP contribution in [0, 0.1) is 27.7 Å². The fraction of sp³-hybridized carbons (Fsp3) is 0.318. The second kappa shape index (κ2) is 7.36. The summed E-state index contributed by atoms with van der Waals surface area (Å²) in [5, 5.41) is 2.76. The molecule has 0 atom stereocenters. The summed E-state index contributed by atoms with van der Waals surface area (Å²) in [4.78, 5) is 27.2. The highest BCUT2D eigenvalue weighted by Gasteiger charge is 2.35. The Morgan fingerprint density at radius 3 is 2.32 bits per heavy atom. The van der Waals surface area contributed by atoms with Gasteiger partial charge >= 0.3 is 0 Å². The molecule has 0 bridgehead atoms. The van der Waals surface area contributed by atoms with E-state index in [0.717, 1.165) is 28.1 Å². The van der Waals surface area contributed by atoms with E-state index in [-0.39, 0.29) is 10.7 Å². The lowest BCUT2D eigenvalue weighted by atomic mass is 10.0. The average Bonchev–Trinajstić information content (AvgIpc) is 2.87. The van der Waals surface area contributed by atoms with Crippen molar-refractivity contribution in [2.24, 2.45) is 0 Å². The largest absolute Gasteiger partial charge is 0.346 e. The molecule has 1 fully saturated rings. The minimum Gasteiger partial charge on any atom is -0.346 e. The van der Waals surface area contributed by atoms with Gasteiger partial charge in [-0.2, -0.15) is 0 Å². The second-order valence-corrected chi connectivity index (χ2v) is 7.92. The molecule has 3 rings (SSSR count). The minimum absolute atomic E-state index is 0.0811. The number of aromatic nitrogens is 1. The number of carbonyl (C=O) groups excluding carboxylic acids is 2. The SMILES string of the molecule is Cc1ccc(N2C(=O)/C(=C/c3cc(C)n(C(C)C)c3C)C(=O)NC2=S)c(C)c1. The first kappa shape index (κ1) is 20.0. The molecule has 1 aliphatic rings. The van der Waals surface area contributed by atoms with Crippen molar-refractivity contribution in [1.29, 1.82) is 0 Å². The van der Waals surface area contributed by atoms with Crippen LogP contribution in [-0.4, -0.2) is 21.5 Å². The monoisotopic (exact) mass is 395 g/mol. The third kappa shape index (κ3) is 3.40. The lowest BCUT2D eigenvalue weighted by Gasteiger charge is -2.30. The molecule has 0 unspecified atom stereocenters. The van der Waals surface area contributed by atoms with Crippen molar-refractivity contribution >= 4 is 40.9 Å². The highest BCUT2D eigenvalue weighted by molar-refractivity contribution is 7.80. The van der Waals surface area contributed by atoms with Gasteiger partial charge < -0.3 is 4.57 Å². The molecular weight excluding hydrogens is 370 g/mol. The van der Waals surface area contributed by atoms with Crippen LogP contribution in [0.3, 0.4) is 0 Å². The molecule has 0 radical (unpaired) electrons. The van der Waals surface area contributed by atoms with E-state index < -0.39 is 11.8 Å². The number of amides is 2. The quantitative estimate of drug-likeness (QED) is 0.483. The van der Waals surface area contributed by atoms with Crippen molar-refractivity contribution in [3.8, 4) is 0 Å². The van der Waals surface area contributed by atoms with E-state index in [9.17, 15) is 9.59 Å². The maximum absolute atomic E-state index is 13.2. The number of hydrogen-bond donors (Lipinski definition) is 1. The lowest BCUT2D eigenvalue weighted by Crippen LogP contribution is -2.54. The maximum atomic E-state index is 13.2. The van der Waals surface area contributed by atoms with Crippen LogP contribution >= 0.6 is 12.2 Å². The molecule has 146 valence electrons. The lowest BCUT2D eigenvalue weighted by molar-refractivity contribution is -0.122. The number of aryl methyl sites for hydroxylation is 3. The van der Waals surface area contributed by atoms with Crippen LogP contribution in [0.4, 0.5) is 5.69 Å². The van der Waals surface area contributed by atoms with Crippen LogP contribution in [0.2, 0.25) is 0 Å². The van der Waals surface area contributed by atoms with Gasteiger partial charge in [-0.3, -0.25) is 19.8 Å². The number of anilines is 1. The van der Waals surface area contributed by atoms with Crippen LogP contribution in [0.1, 0.15) is 48.0 Å². The Bertz CT molecular complexity index is 1030. The Morgan fingerprint density at radius 1 is 1.07 bits per heavy atom. The summed E-state index contributed by atoms with van der Waals surface area (Å²) in [6.45, 7) is 12.1. The van der Waals surface area contributed by atoms with Gasteiger partial charge in [-0.05, 0) is 83.1 Å². The Labute approximate surface area is 171 Å². The van der Waals surface area contributed by atoms with Gasteiger partial charge in [0.25, 0.3) is 11.8 Å². The van der Waals surface area contributed by atoms with Crippen molar-refractivity contribution in [3.63, 3.8) is 0 Å². The van der Waals surface area contributed by atoms with Gasteiger partial charge in [0.05, 0.1) is 5.69 Å². The number of hydrogen-bond acceptors (Lipinski definition) is 3. The topological polar surface area (TPSA) is 54.3 Å². The number of carbonyl (C=O) groups is 2. The second-order valence-electron chi connectivity index (χ2n) is 7.54. The predicted molar refractivity (Wildman–Crippen MR) is 116 cm³/mol. The molecule has 2 aromatic rings. The molecule has 2 heterocycles. The van der Waals surface area contributed by atoms with Gasteiger partial charge in [-0.15, -0.1) is 0 Å². The van der Waals surface area contributed by atoms with E-state index in [2.05, 4.69) is 23.7 Å². The Hall–Kier alpha value is -2.73. The standard InChI is InChI=1S/C22H25N3O2S/c1-12(2)24-15(5)10-17(16(24)6)11-18-20(26)23-22(28)25(21(18)27)19-8-7-13(3)9-14(19)4/h7-12H,1-6H3,(H,23,26,28)/b18-11+. The van der Waals surface area contributed by atoms with Gasteiger partial charge in [0, 0.05) is 17.4 Å². The molecule has 28 heavy (non-hydrogen) atoms. The minimum atomic E-state index is -0.467. The van der Waals surface area contributed by atoms with Gasteiger partial charge in [-0.1, -0.05) is 17.7 Å². The molecule has 0 aliphatic carbocycles. The van der Waals surface area contributed by atoms with Gasteiger partial charge in [0.1, 0.15) is 5.57 Å². The molecule has 2 amide bonds. The van der Waals surface area contributed by atoms with E-state index >= 15 is 0 Å². The van der Waals surface area contributed by atoms with Gasteiger partial charge in [-0.25, -0.2) is 0 Å². The molecular formula is C22H25N3O2S. The number of nitrogens with zero attached hydrogens (tertiary/aromatic N) is 2. The van der Waals surface area contributed by atoms with Crippen molar-refractivity contribution in [1.82, 2.24) is 9.88 Å². The highest BCUT2D eigenvalue weighted by atomic mass is 32.1. The van der Waals surface area contributed by atoms with E-state index in [1.54, 1.807) is 6.08 Å². The molecule has 1 aromatic heterocycles. The zero-order valence-corrected chi connectivity index (χ0v) is 17.9. The molecule has 1 N–H and O–H groups in total. The number of thiocarbonyl (C=S) groups is 1. The third-order valence-corrected chi connectivity index (χ3v) is 5.32. The zero-order chi connectivity index (χ0) is 20.7. The number of nitrogens with one attached hydrogen (secondary N) is 1. The Morgan fingerprint density at radius 2 is 1.75 bits per heavy atom. The first-order valence-corrected chi connectivity index (χ1v) is 9.69. The molecule has 1 saturated heterocycles. The molecule has 5 nitrogen and oxygen atoms in total. The zero-order valence-electron chi connectivity index (χ0n) is 17.1. The fourth-order valence-electron chi connectivity index (χ4n) is 3.83. The predicted octanol–water partition coefficient (Wildman–Crippen LogP) is 4.13. The summed E-state index contributed by atoms with van der Waals surface area (Å²) in [5.74, 6) is -0.875. The first-order chi connectivity index (χ1) is 13.1. The van der Waals surface area contributed by atoms with Crippen LogP contribution in [-0.2, 0) is 9.59 Å². The smallest absolute Gasteiger partial charge is 0.270 e. The van der Waals surface area contributed by atoms with Crippen LogP contribution in [0.5, 0.6) is 0 Å². The van der Waals surface area contributed by atoms with E-state index in [0.29, 0.717) is 11.7 Å². The van der Waals surface area contributed by atoms with Crippen molar-refractivity contribution in [3.05, 3.63) is 57.9 Å². The number of benzene rings is 1. The maximum Gasteiger partial charge on any atom is 0.270 e. The average molecular weight is 396 g/mol. The summed E-state index contributed by atoms with van der Waals surface area (Å²) in [6.07, 6.45) is 1.66. The third-order valence-electron chi connectivity index (χ3n) is 5.03. The summed E-state index contributed by atoms with van der Waals surface area (Å²) in [5.41, 5.74) is 5.74. The van der Waals surface area contributed by atoms with E-state index in [1.165, 1.54) is 4.90 Å². The molecule has 0 saturated carbocycles. The fourth-order valence-corrected chi connectivity index (χ4v) is 4.11. The molecule has 1 aromatic carbocycles. The summed E-state index contributed by atoms with van der Waals surface area (Å²) in [7, 11) is 0. The van der Waals surface area contributed by atoms with E-state index in [4.69, 9.17) is 12.2 Å².